The molecule has 0 saturated carbocycles. The van der Waals surface area contributed by atoms with Crippen LogP contribution in [0.1, 0.15) is 32.8 Å². The van der Waals surface area contributed by atoms with Gasteiger partial charge in [-0.1, -0.05) is 22.9 Å². The fraction of sp³-hybridized carbons (Fsp3) is 0.526. The highest BCUT2D eigenvalue weighted by Crippen LogP contribution is 2.54. The number of hydrogen-bond donors (Lipinski definition) is 3. The lowest BCUT2D eigenvalue weighted by Crippen LogP contribution is -2.55. The predicted octanol–water partition coefficient (Wildman–Crippen LogP) is 1.35. The van der Waals surface area contributed by atoms with Gasteiger partial charge >= 0.3 is 0 Å². The van der Waals surface area contributed by atoms with Crippen molar-refractivity contribution in [2.45, 2.75) is 50.9 Å². The molecule has 3 heterocycles. The van der Waals surface area contributed by atoms with Gasteiger partial charge in [-0.05, 0) is 38.5 Å². The Kier molecular flexibility index (Phi) is 4.21. The van der Waals surface area contributed by atoms with Crippen LogP contribution in [-0.2, 0) is 19.9 Å². The zero-order chi connectivity index (χ0) is 19.7. The molecule has 0 unspecified atom stereocenters. The number of halogens is 1. The van der Waals surface area contributed by atoms with Gasteiger partial charge < -0.3 is 10.4 Å². The minimum Gasteiger partial charge on any atom is -0.392 e. The summed E-state index contributed by atoms with van der Waals surface area (Å²) in [7, 11) is 0. The Balaban J connectivity index is 1.92. The lowest BCUT2D eigenvalue weighted by atomic mass is 9.76. The van der Waals surface area contributed by atoms with Crippen molar-refractivity contribution in [3.8, 4) is 0 Å². The van der Waals surface area contributed by atoms with Crippen LogP contribution in [0.3, 0.4) is 0 Å². The first-order valence-corrected chi connectivity index (χ1v) is 9.97. The Morgan fingerprint density at radius 1 is 1.26 bits per heavy atom. The summed E-state index contributed by atoms with van der Waals surface area (Å²) in [6.45, 7) is 5.31. The smallest absolute Gasteiger partial charge is 0.250 e. The summed E-state index contributed by atoms with van der Waals surface area (Å²) in [5.41, 5.74) is -0.115. The number of aliphatic hydroxyl groups excluding tert-OH is 1. The first kappa shape index (κ1) is 18.6. The van der Waals surface area contributed by atoms with E-state index in [-0.39, 0.29) is 23.8 Å². The van der Waals surface area contributed by atoms with E-state index in [9.17, 15) is 19.5 Å². The number of carbonyl (C=O) groups is 3. The van der Waals surface area contributed by atoms with E-state index in [2.05, 4.69) is 26.6 Å². The molecule has 0 radical (unpaired) electrons. The van der Waals surface area contributed by atoms with Crippen LogP contribution in [0.5, 0.6) is 0 Å². The van der Waals surface area contributed by atoms with E-state index in [1.54, 1.807) is 19.1 Å². The van der Waals surface area contributed by atoms with Gasteiger partial charge in [-0.3, -0.25) is 24.6 Å². The molecule has 4 rings (SSSR count). The van der Waals surface area contributed by atoms with Crippen molar-refractivity contribution >= 4 is 39.3 Å². The van der Waals surface area contributed by atoms with E-state index in [0.717, 1.165) is 4.47 Å². The number of amides is 3. The largest absolute Gasteiger partial charge is 0.392 e. The molecule has 1 aromatic rings. The van der Waals surface area contributed by atoms with Crippen molar-refractivity contribution < 1.29 is 19.5 Å². The van der Waals surface area contributed by atoms with Crippen LogP contribution in [0, 0.1) is 11.8 Å². The van der Waals surface area contributed by atoms with E-state index in [1.807, 2.05) is 19.9 Å². The van der Waals surface area contributed by atoms with Crippen molar-refractivity contribution in [2.75, 3.05) is 5.32 Å². The molecule has 2 fully saturated rings. The zero-order valence-electron chi connectivity index (χ0n) is 15.3. The number of rotatable bonds is 3. The van der Waals surface area contributed by atoms with Gasteiger partial charge in [0.15, 0.2) is 0 Å². The Bertz CT molecular complexity index is 857. The predicted molar refractivity (Wildman–Crippen MR) is 102 cm³/mol. The van der Waals surface area contributed by atoms with Crippen molar-refractivity contribution in [1.29, 1.82) is 0 Å². The van der Waals surface area contributed by atoms with E-state index in [0.29, 0.717) is 17.7 Å². The lowest BCUT2D eigenvalue weighted by Gasteiger charge is -2.31. The summed E-state index contributed by atoms with van der Waals surface area (Å²) < 4.78 is 0.770. The highest BCUT2D eigenvalue weighted by atomic mass is 79.9. The summed E-state index contributed by atoms with van der Waals surface area (Å²) in [6, 6.07) is 4.44. The van der Waals surface area contributed by atoms with Crippen LogP contribution in [0.4, 0.5) is 5.69 Å². The average molecular weight is 436 g/mol. The highest BCUT2D eigenvalue weighted by molar-refractivity contribution is 9.10. The minimum absolute atomic E-state index is 0.256. The van der Waals surface area contributed by atoms with E-state index in [4.69, 9.17) is 0 Å². The number of hydrogen-bond acceptors (Lipinski definition) is 5. The molecular weight excluding hydrogens is 414 g/mol. The third kappa shape index (κ3) is 2.30. The molecule has 1 aromatic carbocycles. The number of anilines is 1. The summed E-state index contributed by atoms with van der Waals surface area (Å²) in [6.07, 6.45) is -0.264. The first-order valence-electron chi connectivity index (χ1n) is 9.18. The van der Waals surface area contributed by atoms with Gasteiger partial charge in [-0.15, -0.1) is 0 Å². The Hall–Kier alpha value is -1.77. The molecule has 0 bridgehead atoms. The summed E-state index contributed by atoms with van der Waals surface area (Å²) in [5, 5.41) is 16.4. The number of aliphatic hydroxyl groups is 1. The SMILES string of the molecule is CC[C@@H](C)N1C(=O)[C@@H]2[C@@H]([C@H](C)O)N[C@]3(C(=O)Nc4ccc(Br)cc43)[C@@H]2C1=O. The van der Waals surface area contributed by atoms with Crippen LogP contribution >= 0.6 is 15.9 Å². The van der Waals surface area contributed by atoms with Gasteiger partial charge in [0, 0.05) is 27.8 Å². The standard InChI is InChI=1S/C19H22BrN3O4/c1-4-8(2)23-16(25)13-14(17(23)26)19(22-15(13)9(3)24)11-7-10(20)5-6-12(11)21-18(19)27/h5-9,13-15,22,24H,4H2,1-3H3,(H,21,27)/t8-,9+,13+,14+,15-,19+/m1/s1. The number of likely N-dealkylation sites (tertiary alicyclic amines) is 1. The quantitative estimate of drug-likeness (QED) is 0.622. The molecule has 0 aromatic heterocycles. The maximum absolute atomic E-state index is 13.4. The van der Waals surface area contributed by atoms with Crippen molar-refractivity contribution in [1.82, 2.24) is 10.2 Å². The second-order valence-electron chi connectivity index (χ2n) is 7.67. The molecule has 144 valence electrons. The van der Waals surface area contributed by atoms with Crippen LogP contribution in [0.25, 0.3) is 0 Å². The molecule has 0 aliphatic carbocycles. The lowest BCUT2D eigenvalue weighted by molar-refractivity contribution is -0.145. The third-order valence-electron chi connectivity index (χ3n) is 6.20. The van der Waals surface area contributed by atoms with E-state index < -0.39 is 29.5 Å². The fourth-order valence-electron chi connectivity index (χ4n) is 4.76. The van der Waals surface area contributed by atoms with Crippen molar-refractivity contribution in [3.05, 3.63) is 28.2 Å². The van der Waals surface area contributed by atoms with E-state index in [1.165, 1.54) is 4.90 Å². The number of carbonyl (C=O) groups excluding carboxylic acids is 3. The second-order valence-corrected chi connectivity index (χ2v) is 8.59. The molecule has 6 atom stereocenters. The first-order chi connectivity index (χ1) is 12.7. The number of nitrogens with zero attached hydrogens (tertiary/aromatic N) is 1. The average Bonchev–Trinajstić information content (AvgIpc) is 3.20. The number of benzene rings is 1. The number of imide groups is 1. The molecule has 3 aliphatic heterocycles. The van der Waals surface area contributed by atoms with Crippen LogP contribution < -0.4 is 10.6 Å². The molecule has 27 heavy (non-hydrogen) atoms. The van der Waals surface area contributed by atoms with Gasteiger partial charge in [0.2, 0.25) is 17.7 Å². The molecule has 2 saturated heterocycles. The van der Waals surface area contributed by atoms with Crippen LogP contribution in [-0.4, -0.2) is 45.9 Å². The minimum atomic E-state index is -1.36. The summed E-state index contributed by atoms with van der Waals surface area (Å²) in [5.74, 6) is -2.68. The molecule has 1 spiro atoms. The van der Waals surface area contributed by atoms with Crippen LogP contribution in [0.15, 0.2) is 22.7 Å². The van der Waals surface area contributed by atoms with E-state index >= 15 is 0 Å². The maximum atomic E-state index is 13.4. The highest BCUT2D eigenvalue weighted by Gasteiger charge is 2.71. The van der Waals surface area contributed by atoms with Crippen molar-refractivity contribution in [2.24, 2.45) is 11.8 Å². The third-order valence-corrected chi connectivity index (χ3v) is 6.69. The topological polar surface area (TPSA) is 98.7 Å². The van der Waals surface area contributed by atoms with Gasteiger partial charge in [-0.2, -0.15) is 0 Å². The number of nitrogens with one attached hydrogen (secondary N) is 2. The molecule has 3 aliphatic rings. The molecule has 8 heteroatoms. The number of fused-ring (bicyclic) bond motifs is 4. The monoisotopic (exact) mass is 435 g/mol. The summed E-state index contributed by atoms with van der Waals surface area (Å²) in [4.78, 5) is 40.9. The molecule has 3 amide bonds. The van der Waals surface area contributed by atoms with Crippen LogP contribution in [0.2, 0.25) is 0 Å². The molecule has 7 nitrogen and oxygen atoms in total. The summed E-state index contributed by atoms with van der Waals surface area (Å²) >= 11 is 3.43. The van der Waals surface area contributed by atoms with Gasteiger partial charge in [0.1, 0.15) is 5.54 Å². The Morgan fingerprint density at radius 2 is 1.96 bits per heavy atom. The normalized spacial score (nSPS) is 34.0. The molecule has 3 N–H and O–H groups in total. The Labute approximate surface area is 165 Å². The van der Waals surface area contributed by atoms with Gasteiger partial charge in [0.25, 0.3) is 0 Å². The van der Waals surface area contributed by atoms with Gasteiger partial charge in [0.05, 0.1) is 17.9 Å². The fourth-order valence-corrected chi connectivity index (χ4v) is 5.12. The van der Waals surface area contributed by atoms with Crippen molar-refractivity contribution in [3.63, 3.8) is 0 Å². The molecular formula is C19H22BrN3O4. The second kappa shape index (κ2) is 6.12. The Morgan fingerprint density at radius 3 is 2.59 bits per heavy atom. The zero-order valence-corrected chi connectivity index (χ0v) is 16.9. The van der Waals surface area contributed by atoms with Gasteiger partial charge in [-0.25, -0.2) is 0 Å². The maximum Gasteiger partial charge on any atom is 0.250 e.